The molecule has 0 rings (SSSR count). The minimum Gasteiger partial charge on any atom is -0.412 e. The first-order valence-electron chi connectivity index (χ1n) is 2.12. The summed E-state index contributed by atoms with van der Waals surface area (Å²) in [5.41, 5.74) is 0. The number of carbonyl (C=O) groups excluding carboxylic acids is 2. The molecule has 0 spiro atoms. The van der Waals surface area contributed by atoms with Gasteiger partial charge in [0, 0.05) is 17.1 Å². The van der Waals surface area contributed by atoms with Crippen LogP contribution < -0.4 is 0 Å². The topological polar surface area (TPSA) is 97.1 Å². The fourth-order valence-corrected chi connectivity index (χ4v) is 0.351. The van der Waals surface area contributed by atoms with Crippen LogP contribution in [-0.4, -0.2) is 22.5 Å². The van der Waals surface area contributed by atoms with Gasteiger partial charge in [0.15, 0.2) is 0 Å². The van der Waals surface area contributed by atoms with Crippen molar-refractivity contribution in [3.8, 4) is 0 Å². The number of carbonyl (C=O) groups is 2. The van der Waals surface area contributed by atoms with E-state index in [9.17, 15) is 9.59 Å². The van der Waals surface area contributed by atoms with Crippen LogP contribution in [-0.2, 0) is 26.7 Å². The maximum atomic E-state index is 10.0. The van der Waals surface area contributed by atoms with Crippen LogP contribution in [0.2, 0.25) is 0 Å². The van der Waals surface area contributed by atoms with E-state index in [1.807, 2.05) is 0 Å². The van der Waals surface area contributed by atoms with Crippen molar-refractivity contribution in [3.05, 3.63) is 0 Å². The molecule has 63 valence electrons. The van der Waals surface area contributed by atoms with Crippen LogP contribution in [0.1, 0.15) is 20.3 Å². The molecule has 0 heterocycles. The molecule has 0 saturated carbocycles. The minimum absolute atomic E-state index is 0. The summed E-state index contributed by atoms with van der Waals surface area (Å²) < 4.78 is 0. The number of hydrogen-bond donors (Lipinski definition) is 0. The Kier molecular flexibility index (Phi) is 26.1. The third kappa shape index (κ3) is 25.0. The number of Topliss-reactive ketones (excluding diaryl/α,β-unsaturated/α-hetero) is 2. The van der Waals surface area contributed by atoms with E-state index in [1.54, 1.807) is 0 Å². The van der Waals surface area contributed by atoms with Gasteiger partial charge in [0.05, 0.1) is 6.42 Å². The summed E-state index contributed by atoms with van der Waals surface area (Å²) in [6.07, 6.45) is 0.0833. The molecule has 0 bridgehead atoms. The second kappa shape index (κ2) is 11.6. The molecule has 10 heavy (non-hydrogen) atoms. The van der Waals surface area contributed by atoms with E-state index >= 15 is 0 Å². The Morgan fingerprint density at radius 3 is 1.20 bits per heavy atom. The van der Waals surface area contributed by atoms with Crippen LogP contribution in [0.3, 0.4) is 0 Å². The molecule has 0 fully saturated rings. The van der Waals surface area contributed by atoms with E-state index in [-0.39, 0.29) is 46.0 Å². The fourth-order valence-electron chi connectivity index (χ4n) is 0.351. The van der Waals surface area contributed by atoms with Gasteiger partial charge < -0.3 is 11.0 Å². The molecule has 1 radical (unpaired) electrons. The van der Waals surface area contributed by atoms with Gasteiger partial charge in [0.1, 0.15) is 11.6 Å². The van der Waals surface area contributed by atoms with Gasteiger partial charge in [0.25, 0.3) is 0 Å². The maximum Gasteiger partial charge on any atom is 0.137 e. The van der Waals surface area contributed by atoms with Crippen molar-refractivity contribution < 1.29 is 37.6 Å². The Bertz CT molecular complexity index is 89.8. The summed E-state index contributed by atoms with van der Waals surface area (Å²) in [5.74, 6) is -0.125. The van der Waals surface area contributed by atoms with Gasteiger partial charge in [-0.3, -0.25) is 9.59 Å². The summed E-state index contributed by atoms with van der Waals surface area (Å²) in [7, 11) is 0. The van der Waals surface area contributed by atoms with E-state index in [0.29, 0.717) is 0 Å². The van der Waals surface area contributed by atoms with Crippen molar-refractivity contribution in [2.75, 3.05) is 0 Å². The zero-order chi connectivity index (χ0) is 5.86. The quantitative estimate of drug-likeness (QED) is 0.409. The molecule has 4 N–H and O–H groups in total. The predicted molar refractivity (Wildman–Crippen MR) is 33.2 cm³/mol. The molecule has 0 aromatic carbocycles. The summed E-state index contributed by atoms with van der Waals surface area (Å²) in [6, 6.07) is 0. The van der Waals surface area contributed by atoms with Gasteiger partial charge in [-0.15, -0.1) is 0 Å². The maximum absolute atomic E-state index is 10.0. The molecule has 5 heteroatoms. The molecule has 0 aliphatic heterocycles. The standard InChI is InChI=1S/C5H8O2.Mn.2H2O/c1-4(6)3-5(2)7;;;/h3H2,1-2H3;;2*1H2. The molecule has 0 aliphatic carbocycles. The fraction of sp³-hybridized carbons (Fsp3) is 0.600. The molecule has 0 aromatic heterocycles. The van der Waals surface area contributed by atoms with Crippen molar-refractivity contribution in [1.82, 2.24) is 0 Å². The SMILES string of the molecule is CC(=O)CC(C)=O.O.O.[Mn]. The molecule has 0 atom stereocenters. The van der Waals surface area contributed by atoms with Crippen molar-refractivity contribution in [1.29, 1.82) is 0 Å². The molecular weight excluding hydrogens is 179 g/mol. The smallest absolute Gasteiger partial charge is 0.137 e. The molecule has 4 nitrogen and oxygen atoms in total. The molecule has 0 unspecified atom stereocenters. The van der Waals surface area contributed by atoms with E-state index in [0.717, 1.165) is 0 Å². The normalized spacial score (nSPS) is 5.80. The molecule has 0 amide bonds. The first-order chi connectivity index (χ1) is 3.13. The van der Waals surface area contributed by atoms with Gasteiger partial charge in [-0.1, -0.05) is 0 Å². The largest absolute Gasteiger partial charge is 0.412 e. The Hall–Kier alpha value is -0.221. The van der Waals surface area contributed by atoms with E-state index in [2.05, 4.69) is 0 Å². The Balaban J connectivity index is -0.0000000600. The summed E-state index contributed by atoms with van der Waals surface area (Å²) in [5, 5.41) is 0. The van der Waals surface area contributed by atoms with Crippen LogP contribution in [0.15, 0.2) is 0 Å². The predicted octanol–water partition coefficient (Wildman–Crippen LogP) is -1.10. The molecular formula is C5H12MnO4. The minimum atomic E-state index is -0.0625. The summed E-state index contributed by atoms with van der Waals surface area (Å²) in [6.45, 7) is 2.81. The second-order valence-corrected chi connectivity index (χ2v) is 1.58. The van der Waals surface area contributed by atoms with E-state index in [4.69, 9.17) is 0 Å². The Labute approximate surface area is 70.1 Å². The molecule has 0 aliphatic rings. The van der Waals surface area contributed by atoms with Gasteiger partial charge in [0.2, 0.25) is 0 Å². The summed E-state index contributed by atoms with van der Waals surface area (Å²) in [4.78, 5) is 20.1. The average molecular weight is 191 g/mol. The van der Waals surface area contributed by atoms with Crippen molar-refractivity contribution in [2.45, 2.75) is 20.3 Å². The summed E-state index contributed by atoms with van der Waals surface area (Å²) >= 11 is 0. The third-order valence-electron chi connectivity index (χ3n) is 0.498. The first kappa shape index (κ1) is 22.6. The van der Waals surface area contributed by atoms with E-state index < -0.39 is 0 Å². The zero-order valence-corrected chi connectivity index (χ0v) is 7.08. The van der Waals surface area contributed by atoms with Crippen molar-refractivity contribution in [3.63, 3.8) is 0 Å². The van der Waals surface area contributed by atoms with Crippen LogP contribution in [0, 0.1) is 0 Å². The third-order valence-corrected chi connectivity index (χ3v) is 0.498. The number of ketones is 2. The van der Waals surface area contributed by atoms with Gasteiger partial charge in [-0.2, -0.15) is 0 Å². The monoisotopic (exact) mass is 191 g/mol. The van der Waals surface area contributed by atoms with Crippen molar-refractivity contribution in [2.24, 2.45) is 0 Å². The second-order valence-electron chi connectivity index (χ2n) is 1.58. The van der Waals surface area contributed by atoms with Crippen LogP contribution >= 0.6 is 0 Å². The van der Waals surface area contributed by atoms with Gasteiger partial charge in [-0.25, -0.2) is 0 Å². The average Bonchev–Trinajstić information content (AvgIpc) is 1.27. The van der Waals surface area contributed by atoms with Gasteiger partial charge in [-0.05, 0) is 13.8 Å². The van der Waals surface area contributed by atoms with E-state index in [1.165, 1.54) is 13.8 Å². The zero-order valence-electron chi connectivity index (χ0n) is 5.90. The van der Waals surface area contributed by atoms with Gasteiger partial charge >= 0.3 is 0 Å². The number of rotatable bonds is 2. The number of hydrogen-bond acceptors (Lipinski definition) is 2. The molecule has 0 aromatic rings. The first-order valence-corrected chi connectivity index (χ1v) is 2.12. The van der Waals surface area contributed by atoms with Crippen LogP contribution in [0.25, 0.3) is 0 Å². The Morgan fingerprint density at radius 1 is 1.00 bits per heavy atom. The van der Waals surface area contributed by atoms with Crippen LogP contribution in [0.5, 0.6) is 0 Å². The van der Waals surface area contributed by atoms with Crippen LogP contribution in [0.4, 0.5) is 0 Å². The molecule has 0 saturated heterocycles. The van der Waals surface area contributed by atoms with Crippen molar-refractivity contribution >= 4 is 11.6 Å². The Morgan fingerprint density at radius 2 is 1.20 bits per heavy atom.